The van der Waals surface area contributed by atoms with Crippen molar-refractivity contribution in [2.75, 3.05) is 35.7 Å². The van der Waals surface area contributed by atoms with Crippen LogP contribution in [0.15, 0.2) is 0 Å². The molecule has 18 heavy (non-hydrogen) atoms. The lowest BCUT2D eigenvalue weighted by atomic mass is 10.1. The highest BCUT2D eigenvalue weighted by molar-refractivity contribution is 7.99. The zero-order chi connectivity index (χ0) is 13.0. The van der Waals surface area contributed by atoms with Crippen molar-refractivity contribution >= 4 is 40.1 Å². The second-order valence-electron chi connectivity index (χ2n) is 4.10. The Bertz CT molecular complexity index is 416. The molecule has 1 aliphatic heterocycles. The van der Waals surface area contributed by atoms with Crippen molar-refractivity contribution in [1.29, 1.82) is 0 Å². The normalized spacial score (nSPS) is 18.8. The summed E-state index contributed by atoms with van der Waals surface area (Å²) < 4.78 is 9.00. The molecule has 0 radical (unpaired) electrons. The Balaban J connectivity index is 2.01. The quantitative estimate of drug-likeness (QED) is 0.807. The summed E-state index contributed by atoms with van der Waals surface area (Å²) in [5.41, 5.74) is 6.09. The van der Waals surface area contributed by atoms with Crippen molar-refractivity contribution in [3.63, 3.8) is 0 Å². The van der Waals surface area contributed by atoms with Crippen LogP contribution in [0.3, 0.4) is 0 Å². The van der Waals surface area contributed by atoms with E-state index >= 15 is 0 Å². The number of rotatable bonds is 5. The van der Waals surface area contributed by atoms with Gasteiger partial charge in [0.05, 0.1) is 6.61 Å². The molecule has 1 saturated heterocycles. The van der Waals surface area contributed by atoms with Crippen molar-refractivity contribution in [2.45, 2.75) is 13.3 Å². The van der Waals surface area contributed by atoms with Gasteiger partial charge in [0.1, 0.15) is 10.6 Å². The van der Waals surface area contributed by atoms with Crippen molar-refractivity contribution in [1.82, 2.24) is 4.37 Å². The van der Waals surface area contributed by atoms with Crippen LogP contribution < -0.4 is 11.1 Å². The third-order valence-electron chi connectivity index (χ3n) is 2.77. The molecule has 100 valence electrons. The molecule has 5 nitrogen and oxygen atoms in total. The smallest absolute Gasteiger partial charge is 0.344 e. The molecule has 2 rings (SSSR count). The summed E-state index contributed by atoms with van der Waals surface area (Å²) >= 11 is 3.19. The van der Waals surface area contributed by atoms with Crippen molar-refractivity contribution in [3.05, 3.63) is 5.56 Å². The van der Waals surface area contributed by atoms with Crippen LogP contribution in [-0.2, 0) is 4.74 Å². The van der Waals surface area contributed by atoms with Gasteiger partial charge in [-0.3, -0.25) is 0 Å². The van der Waals surface area contributed by atoms with E-state index < -0.39 is 5.97 Å². The molecular weight excluding hydrogens is 270 g/mol. The molecule has 1 aromatic rings. The standard InChI is InChI=1S/C11H17N3O2S2/c1-2-16-11(15)8-9(12)14-18-10(8)13-5-7-3-4-17-6-7/h7,13H,2-6H2,1H3,(H2,12,14). The highest BCUT2D eigenvalue weighted by Gasteiger charge is 2.22. The number of anilines is 2. The minimum Gasteiger partial charge on any atom is -0.462 e. The first kappa shape index (κ1) is 13.5. The zero-order valence-electron chi connectivity index (χ0n) is 10.3. The first-order valence-electron chi connectivity index (χ1n) is 5.96. The number of hydrogen-bond donors (Lipinski definition) is 2. The van der Waals surface area contributed by atoms with E-state index in [2.05, 4.69) is 9.69 Å². The number of ether oxygens (including phenoxy) is 1. The Morgan fingerprint density at radius 1 is 1.67 bits per heavy atom. The molecule has 1 aromatic heterocycles. The van der Waals surface area contributed by atoms with Gasteiger partial charge in [0.2, 0.25) is 0 Å². The van der Waals surface area contributed by atoms with Gasteiger partial charge in [0, 0.05) is 6.54 Å². The maximum Gasteiger partial charge on any atom is 0.344 e. The van der Waals surface area contributed by atoms with Crippen LogP contribution in [0.2, 0.25) is 0 Å². The fraction of sp³-hybridized carbons (Fsp3) is 0.636. The highest BCUT2D eigenvalue weighted by Crippen LogP contribution is 2.29. The van der Waals surface area contributed by atoms with Gasteiger partial charge < -0.3 is 15.8 Å². The maximum absolute atomic E-state index is 11.8. The average Bonchev–Trinajstić information content (AvgIpc) is 2.96. The summed E-state index contributed by atoms with van der Waals surface area (Å²) in [6, 6.07) is 0. The number of esters is 1. The molecule has 0 amide bonds. The molecule has 1 fully saturated rings. The number of nitrogens with zero attached hydrogens (tertiary/aromatic N) is 1. The summed E-state index contributed by atoms with van der Waals surface area (Å²) in [4.78, 5) is 11.8. The molecule has 0 aromatic carbocycles. The van der Waals surface area contributed by atoms with E-state index in [9.17, 15) is 4.79 Å². The first-order valence-corrected chi connectivity index (χ1v) is 7.89. The van der Waals surface area contributed by atoms with E-state index in [-0.39, 0.29) is 5.82 Å². The minimum atomic E-state index is -0.396. The Morgan fingerprint density at radius 2 is 2.50 bits per heavy atom. The van der Waals surface area contributed by atoms with Crippen LogP contribution in [0.4, 0.5) is 10.8 Å². The monoisotopic (exact) mass is 287 g/mol. The number of carbonyl (C=O) groups excluding carboxylic acids is 1. The number of carbonyl (C=O) groups is 1. The summed E-state index contributed by atoms with van der Waals surface area (Å²) in [5.74, 6) is 2.92. The average molecular weight is 287 g/mol. The van der Waals surface area contributed by atoms with Gasteiger partial charge in [0.25, 0.3) is 0 Å². The molecule has 1 unspecified atom stereocenters. The fourth-order valence-electron chi connectivity index (χ4n) is 1.80. The lowest BCUT2D eigenvalue weighted by Gasteiger charge is -2.10. The number of nitrogen functional groups attached to an aromatic ring is 1. The molecular formula is C11H17N3O2S2. The molecule has 0 aliphatic carbocycles. The molecule has 1 aliphatic rings. The second-order valence-corrected chi connectivity index (χ2v) is 6.03. The Kier molecular flexibility index (Phi) is 4.71. The lowest BCUT2D eigenvalue weighted by molar-refractivity contribution is 0.0529. The van der Waals surface area contributed by atoms with E-state index in [1.54, 1.807) is 6.92 Å². The Labute approximate surface area is 115 Å². The largest absolute Gasteiger partial charge is 0.462 e. The highest BCUT2D eigenvalue weighted by atomic mass is 32.2. The van der Waals surface area contributed by atoms with E-state index in [1.165, 1.54) is 29.5 Å². The summed E-state index contributed by atoms with van der Waals surface area (Å²) in [6.45, 7) is 2.98. The second kappa shape index (κ2) is 6.29. The number of aromatic nitrogens is 1. The van der Waals surface area contributed by atoms with Crippen molar-refractivity contribution in [3.8, 4) is 0 Å². The third kappa shape index (κ3) is 3.08. The minimum absolute atomic E-state index is 0.252. The Hall–Kier alpha value is -0.950. The van der Waals surface area contributed by atoms with E-state index in [1.807, 2.05) is 11.8 Å². The number of thioether (sulfide) groups is 1. The van der Waals surface area contributed by atoms with Crippen molar-refractivity contribution in [2.24, 2.45) is 5.92 Å². The third-order valence-corrected chi connectivity index (χ3v) is 4.82. The first-order chi connectivity index (χ1) is 8.72. The predicted octanol–water partition coefficient (Wildman–Crippen LogP) is 2.07. The topological polar surface area (TPSA) is 77.2 Å². The summed E-state index contributed by atoms with van der Waals surface area (Å²) in [7, 11) is 0. The number of nitrogens with one attached hydrogen (secondary N) is 1. The predicted molar refractivity (Wildman–Crippen MR) is 76.4 cm³/mol. The number of nitrogens with two attached hydrogens (primary N) is 1. The van der Waals surface area contributed by atoms with Crippen LogP contribution in [0.25, 0.3) is 0 Å². The molecule has 1 atom stereocenters. The molecule has 7 heteroatoms. The molecule has 0 saturated carbocycles. The van der Waals surface area contributed by atoms with Crippen molar-refractivity contribution < 1.29 is 9.53 Å². The zero-order valence-corrected chi connectivity index (χ0v) is 11.9. The van der Waals surface area contributed by atoms with Gasteiger partial charge >= 0.3 is 5.97 Å². The summed E-state index contributed by atoms with van der Waals surface area (Å²) in [5, 5.41) is 4.00. The van der Waals surface area contributed by atoms with Crippen LogP contribution in [0, 0.1) is 5.92 Å². The summed E-state index contributed by atoms with van der Waals surface area (Å²) in [6.07, 6.45) is 1.22. The molecule has 0 bridgehead atoms. The van der Waals surface area contributed by atoms with Gasteiger partial charge in [-0.1, -0.05) is 0 Å². The van der Waals surface area contributed by atoms with Gasteiger partial charge in [-0.15, -0.1) is 0 Å². The van der Waals surface area contributed by atoms with Gasteiger partial charge in [0.15, 0.2) is 5.82 Å². The number of hydrogen-bond acceptors (Lipinski definition) is 7. The van der Waals surface area contributed by atoms with E-state index in [0.29, 0.717) is 18.1 Å². The maximum atomic E-state index is 11.8. The lowest BCUT2D eigenvalue weighted by Crippen LogP contribution is -2.15. The van der Waals surface area contributed by atoms with E-state index in [4.69, 9.17) is 10.5 Å². The molecule has 0 spiro atoms. The van der Waals surface area contributed by atoms with Crippen LogP contribution in [-0.4, -0.2) is 35.0 Å². The van der Waals surface area contributed by atoms with E-state index in [0.717, 1.165) is 11.5 Å². The van der Waals surface area contributed by atoms with Gasteiger partial charge in [-0.2, -0.15) is 16.1 Å². The molecule has 2 heterocycles. The molecule has 3 N–H and O–H groups in total. The van der Waals surface area contributed by atoms with Gasteiger partial charge in [-0.05, 0) is 42.3 Å². The van der Waals surface area contributed by atoms with Crippen LogP contribution >= 0.6 is 23.3 Å². The van der Waals surface area contributed by atoms with Crippen LogP contribution in [0.1, 0.15) is 23.7 Å². The SMILES string of the molecule is CCOC(=O)c1c(N)nsc1NCC1CCSC1. The van der Waals surface area contributed by atoms with Crippen LogP contribution in [0.5, 0.6) is 0 Å². The fourth-order valence-corrected chi connectivity index (χ4v) is 3.80. The Morgan fingerprint density at radius 3 is 3.17 bits per heavy atom. The van der Waals surface area contributed by atoms with Gasteiger partial charge in [-0.25, -0.2) is 4.79 Å².